The molecule has 0 radical (unpaired) electrons. The van der Waals surface area contributed by atoms with Crippen molar-refractivity contribution in [3.05, 3.63) is 64.1 Å². The van der Waals surface area contributed by atoms with E-state index in [0.29, 0.717) is 24.1 Å². The van der Waals surface area contributed by atoms with E-state index in [4.69, 9.17) is 14.9 Å². The first-order valence-corrected chi connectivity index (χ1v) is 11.6. The van der Waals surface area contributed by atoms with Gasteiger partial charge in [0.05, 0.1) is 5.57 Å². The number of amidine groups is 2. The van der Waals surface area contributed by atoms with Gasteiger partial charge >= 0.3 is 0 Å². The fraction of sp³-hybridized carbons (Fsp3) is 0.217. The SMILES string of the molecule is CC(C)C1=NN2C(=N)/C(=C/c3ccc(OCCOc4ccc(Br)cc4)cc3)C(=O)N=C2S1. The molecule has 2 aromatic carbocycles. The van der Waals surface area contributed by atoms with Crippen molar-refractivity contribution in [2.45, 2.75) is 13.8 Å². The van der Waals surface area contributed by atoms with E-state index in [1.807, 2.05) is 62.4 Å². The smallest absolute Gasteiger partial charge is 0.283 e. The molecule has 2 aliphatic rings. The van der Waals surface area contributed by atoms with E-state index in [1.54, 1.807) is 6.08 Å². The number of amides is 1. The highest BCUT2D eigenvalue weighted by Gasteiger charge is 2.36. The number of carbonyl (C=O) groups excluding carboxylic acids is 1. The number of benzene rings is 2. The monoisotopic (exact) mass is 512 g/mol. The Morgan fingerprint density at radius 3 is 2.25 bits per heavy atom. The molecule has 7 nitrogen and oxygen atoms in total. The molecular formula is C23H21BrN4O3S. The number of aliphatic imine (C=N–C) groups is 1. The van der Waals surface area contributed by atoms with Crippen molar-refractivity contribution in [3.8, 4) is 11.5 Å². The maximum absolute atomic E-state index is 12.5. The van der Waals surface area contributed by atoms with Gasteiger partial charge in [0.15, 0.2) is 5.84 Å². The highest BCUT2D eigenvalue weighted by molar-refractivity contribution is 9.10. The first-order valence-electron chi connectivity index (χ1n) is 10.0. The van der Waals surface area contributed by atoms with Gasteiger partial charge in [0.25, 0.3) is 5.91 Å². The molecule has 1 amide bonds. The topological polar surface area (TPSA) is 87.3 Å². The molecule has 164 valence electrons. The lowest BCUT2D eigenvalue weighted by atomic mass is 10.1. The van der Waals surface area contributed by atoms with Crippen molar-refractivity contribution in [1.82, 2.24) is 5.01 Å². The Morgan fingerprint density at radius 2 is 1.66 bits per heavy atom. The van der Waals surface area contributed by atoms with Crippen LogP contribution < -0.4 is 9.47 Å². The van der Waals surface area contributed by atoms with Gasteiger partial charge in [-0.1, -0.05) is 41.9 Å². The summed E-state index contributed by atoms with van der Waals surface area (Å²) in [6, 6.07) is 14.9. The molecule has 0 bridgehead atoms. The minimum atomic E-state index is -0.431. The number of ether oxygens (including phenoxy) is 2. The lowest BCUT2D eigenvalue weighted by molar-refractivity contribution is -0.114. The van der Waals surface area contributed by atoms with Gasteiger partial charge in [0.1, 0.15) is 29.8 Å². The largest absolute Gasteiger partial charge is 0.490 e. The van der Waals surface area contributed by atoms with Crippen LogP contribution in [0.25, 0.3) is 6.08 Å². The maximum atomic E-state index is 12.5. The minimum absolute atomic E-state index is 0.0357. The van der Waals surface area contributed by atoms with Crippen LogP contribution in [-0.2, 0) is 4.79 Å². The van der Waals surface area contributed by atoms with Crippen LogP contribution in [-0.4, -0.2) is 40.2 Å². The number of hydrazone groups is 1. The van der Waals surface area contributed by atoms with Crippen LogP contribution in [0.1, 0.15) is 19.4 Å². The molecule has 2 aliphatic heterocycles. The molecule has 9 heteroatoms. The van der Waals surface area contributed by atoms with Crippen molar-refractivity contribution in [1.29, 1.82) is 5.41 Å². The summed E-state index contributed by atoms with van der Waals surface area (Å²) >= 11 is 4.73. The summed E-state index contributed by atoms with van der Waals surface area (Å²) in [6.45, 7) is 4.86. The molecular weight excluding hydrogens is 492 g/mol. The van der Waals surface area contributed by atoms with Crippen molar-refractivity contribution in [3.63, 3.8) is 0 Å². The average molecular weight is 513 g/mol. The molecule has 2 aromatic rings. The fourth-order valence-electron chi connectivity index (χ4n) is 2.92. The van der Waals surface area contributed by atoms with E-state index in [0.717, 1.165) is 20.8 Å². The highest BCUT2D eigenvalue weighted by Crippen LogP contribution is 2.30. The zero-order valence-corrected chi connectivity index (χ0v) is 19.9. The van der Waals surface area contributed by atoms with E-state index in [-0.39, 0.29) is 17.3 Å². The van der Waals surface area contributed by atoms with Crippen molar-refractivity contribution in [2.24, 2.45) is 16.0 Å². The number of nitrogens with one attached hydrogen (secondary N) is 1. The third kappa shape index (κ3) is 5.11. The molecule has 2 heterocycles. The molecule has 0 atom stereocenters. The Morgan fingerprint density at radius 1 is 1.06 bits per heavy atom. The van der Waals surface area contributed by atoms with Gasteiger partial charge < -0.3 is 9.47 Å². The van der Waals surface area contributed by atoms with Gasteiger partial charge in [-0.15, -0.1) is 0 Å². The van der Waals surface area contributed by atoms with Gasteiger partial charge in [0.2, 0.25) is 5.17 Å². The van der Waals surface area contributed by atoms with Crippen LogP contribution in [0.2, 0.25) is 0 Å². The summed E-state index contributed by atoms with van der Waals surface area (Å²) in [5.74, 6) is 1.29. The lowest BCUT2D eigenvalue weighted by Crippen LogP contribution is -2.35. The fourth-order valence-corrected chi connectivity index (χ4v) is 4.07. The summed E-state index contributed by atoms with van der Waals surface area (Å²) in [4.78, 5) is 16.6. The molecule has 0 aliphatic carbocycles. The third-order valence-electron chi connectivity index (χ3n) is 4.59. The number of fused-ring (bicyclic) bond motifs is 1. The number of carbonyl (C=O) groups is 1. The van der Waals surface area contributed by atoms with Gasteiger partial charge in [0, 0.05) is 10.4 Å². The highest BCUT2D eigenvalue weighted by atomic mass is 79.9. The summed E-state index contributed by atoms with van der Waals surface area (Å²) in [5, 5.41) is 15.6. The van der Waals surface area contributed by atoms with Crippen molar-refractivity contribution < 1.29 is 14.3 Å². The number of halogens is 1. The Kier molecular flexibility index (Phi) is 6.76. The minimum Gasteiger partial charge on any atom is -0.490 e. The third-order valence-corrected chi connectivity index (χ3v) is 6.33. The quantitative estimate of drug-likeness (QED) is 0.407. The van der Waals surface area contributed by atoms with E-state index in [9.17, 15) is 4.79 Å². The number of thioether (sulfide) groups is 1. The Hall–Kier alpha value is -2.91. The number of hydrogen-bond acceptors (Lipinski definition) is 6. The Bertz CT molecular complexity index is 1120. The first-order chi connectivity index (χ1) is 15.4. The first kappa shape index (κ1) is 22.3. The molecule has 0 fully saturated rings. The van der Waals surface area contributed by atoms with E-state index in [2.05, 4.69) is 26.0 Å². The molecule has 1 N–H and O–H groups in total. The molecule has 0 unspecified atom stereocenters. The van der Waals surface area contributed by atoms with Crippen LogP contribution >= 0.6 is 27.7 Å². The van der Waals surface area contributed by atoms with Crippen molar-refractivity contribution >= 4 is 55.7 Å². The van der Waals surface area contributed by atoms with Gasteiger partial charge in [-0.3, -0.25) is 10.2 Å². The van der Waals surface area contributed by atoms with Gasteiger partial charge in [-0.05, 0) is 59.8 Å². The van der Waals surface area contributed by atoms with Crippen molar-refractivity contribution in [2.75, 3.05) is 13.2 Å². The Balaban J connectivity index is 1.36. The Labute approximate surface area is 198 Å². The predicted molar refractivity (Wildman–Crippen MR) is 131 cm³/mol. The predicted octanol–water partition coefficient (Wildman–Crippen LogP) is 5.18. The van der Waals surface area contributed by atoms with E-state index in [1.165, 1.54) is 16.8 Å². The molecule has 4 rings (SSSR count). The maximum Gasteiger partial charge on any atom is 0.283 e. The van der Waals surface area contributed by atoms with E-state index < -0.39 is 5.91 Å². The zero-order chi connectivity index (χ0) is 22.7. The second-order valence-corrected chi connectivity index (χ2v) is 9.24. The second kappa shape index (κ2) is 9.70. The standard InChI is InChI=1S/C23H21BrN4O3S/c1-14(2)22-27-28-20(25)19(21(29)26-23(28)32-22)13-15-3-7-17(8-4-15)30-11-12-31-18-9-5-16(24)6-10-18/h3-10,13-14,25H,11-12H2,1-2H3/b19-13-,25-20?. The summed E-state index contributed by atoms with van der Waals surface area (Å²) in [6.07, 6.45) is 1.65. The normalized spacial score (nSPS) is 16.9. The van der Waals surface area contributed by atoms with Crippen LogP contribution in [0.5, 0.6) is 11.5 Å². The number of rotatable bonds is 7. The lowest BCUT2D eigenvalue weighted by Gasteiger charge is -2.20. The van der Waals surface area contributed by atoms with Crippen LogP contribution in [0.4, 0.5) is 0 Å². The van der Waals surface area contributed by atoms with Gasteiger partial charge in [-0.25, -0.2) is 0 Å². The average Bonchev–Trinajstić information content (AvgIpc) is 3.21. The molecule has 0 saturated carbocycles. The molecule has 0 aromatic heterocycles. The number of nitrogens with zero attached hydrogens (tertiary/aromatic N) is 3. The van der Waals surface area contributed by atoms with E-state index >= 15 is 0 Å². The molecule has 32 heavy (non-hydrogen) atoms. The molecule has 0 spiro atoms. The second-order valence-electron chi connectivity index (χ2n) is 7.33. The summed E-state index contributed by atoms with van der Waals surface area (Å²) < 4.78 is 12.4. The van der Waals surface area contributed by atoms with Crippen LogP contribution in [0.3, 0.4) is 0 Å². The van der Waals surface area contributed by atoms with Crippen LogP contribution in [0.15, 0.2) is 68.7 Å². The van der Waals surface area contributed by atoms with Crippen LogP contribution in [0, 0.1) is 11.3 Å². The van der Waals surface area contributed by atoms with Gasteiger partial charge in [-0.2, -0.15) is 15.1 Å². The summed E-state index contributed by atoms with van der Waals surface area (Å²) in [5.41, 5.74) is 0.981. The molecule has 0 saturated heterocycles. The number of hydrogen-bond donors (Lipinski definition) is 1. The zero-order valence-electron chi connectivity index (χ0n) is 17.5. The summed E-state index contributed by atoms with van der Waals surface area (Å²) in [7, 11) is 0.